The topological polar surface area (TPSA) is 96.1 Å². The van der Waals surface area contributed by atoms with Crippen LogP contribution in [-0.4, -0.2) is 38.3 Å². The number of halogens is 1. The zero-order chi connectivity index (χ0) is 26.1. The van der Waals surface area contributed by atoms with Gasteiger partial charge in [-0.1, -0.05) is 18.2 Å². The van der Waals surface area contributed by atoms with E-state index in [1.54, 1.807) is 35.0 Å². The van der Waals surface area contributed by atoms with E-state index in [1.807, 2.05) is 49.5 Å². The van der Waals surface area contributed by atoms with Crippen molar-refractivity contribution in [2.24, 2.45) is 0 Å². The number of pyridine rings is 2. The Bertz CT molecular complexity index is 1610. The standard InChI is InChI=1S/C29H25FN6O2/c1-2-38-20-12-13-25(32-17-20)28-35-34-27(36(28)26-11-4-3-9-23(26)30)18-15-19(16-18)33-29(37)22-7-5-10-24-21(22)8-6-14-31-24/h3-14,17-19H,2,15-16H2,1H3,(H,33,37)/p+1. The number of ether oxygens (including phenoxy) is 1. The summed E-state index contributed by atoms with van der Waals surface area (Å²) in [7, 11) is 0. The molecule has 2 aromatic carbocycles. The monoisotopic (exact) mass is 509 g/mol. The van der Waals surface area contributed by atoms with Crippen molar-refractivity contribution in [2.75, 3.05) is 6.61 Å². The van der Waals surface area contributed by atoms with Gasteiger partial charge in [-0.2, -0.15) is 0 Å². The predicted octanol–water partition coefficient (Wildman–Crippen LogP) is 4.51. The molecule has 6 rings (SSSR count). The number of carbonyl (C=O) groups excluding carboxylic acids is 1. The van der Waals surface area contributed by atoms with Gasteiger partial charge in [0.2, 0.25) is 5.52 Å². The maximum absolute atomic E-state index is 15.0. The number of aromatic amines is 1. The molecule has 2 N–H and O–H groups in total. The Hall–Kier alpha value is -4.66. The number of aromatic nitrogens is 5. The largest absolute Gasteiger partial charge is 0.492 e. The fraction of sp³-hybridized carbons (Fsp3) is 0.207. The molecule has 9 heteroatoms. The molecule has 8 nitrogen and oxygen atoms in total. The number of hydrogen-bond donors (Lipinski definition) is 1. The summed E-state index contributed by atoms with van der Waals surface area (Å²) >= 11 is 0. The number of hydrogen-bond acceptors (Lipinski definition) is 5. The molecular formula is C29H26FN6O2+. The van der Waals surface area contributed by atoms with Crippen molar-refractivity contribution in [3.63, 3.8) is 0 Å². The van der Waals surface area contributed by atoms with Gasteiger partial charge in [-0.15, -0.1) is 10.2 Å². The van der Waals surface area contributed by atoms with Crippen molar-refractivity contribution in [3.05, 3.63) is 96.3 Å². The summed E-state index contributed by atoms with van der Waals surface area (Å²) in [4.78, 5) is 20.7. The minimum Gasteiger partial charge on any atom is -0.492 e. The molecule has 0 radical (unpaired) electrons. The Morgan fingerprint density at radius 3 is 2.74 bits per heavy atom. The van der Waals surface area contributed by atoms with Gasteiger partial charge in [-0.05, 0) is 56.2 Å². The van der Waals surface area contributed by atoms with Crippen LogP contribution in [0.5, 0.6) is 5.75 Å². The molecule has 0 saturated heterocycles. The lowest BCUT2D eigenvalue weighted by molar-refractivity contribution is -0.344. The molecule has 0 bridgehead atoms. The number of para-hydroxylation sites is 1. The van der Waals surface area contributed by atoms with Gasteiger partial charge in [0.05, 0.1) is 29.4 Å². The molecule has 5 aromatic rings. The number of nitrogens with one attached hydrogen (secondary N) is 2. The van der Waals surface area contributed by atoms with Gasteiger partial charge in [0.1, 0.15) is 23.1 Å². The van der Waals surface area contributed by atoms with Crippen LogP contribution in [0.1, 0.15) is 41.9 Å². The quantitative estimate of drug-likeness (QED) is 0.348. The van der Waals surface area contributed by atoms with Crippen LogP contribution >= 0.6 is 0 Å². The highest BCUT2D eigenvalue weighted by atomic mass is 19.1. The summed E-state index contributed by atoms with van der Waals surface area (Å²) in [5, 5.41) is 12.9. The summed E-state index contributed by atoms with van der Waals surface area (Å²) in [5.41, 5.74) is 2.45. The molecule has 0 aliphatic heterocycles. The Morgan fingerprint density at radius 1 is 1.08 bits per heavy atom. The van der Waals surface area contributed by atoms with E-state index in [0.717, 1.165) is 10.9 Å². The van der Waals surface area contributed by atoms with Gasteiger partial charge in [-0.3, -0.25) is 9.36 Å². The first-order valence-electron chi connectivity index (χ1n) is 12.6. The van der Waals surface area contributed by atoms with Crippen molar-refractivity contribution in [1.29, 1.82) is 0 Å². The van der Waals surface area contributed by atoms with Crippen LogP contribution in [-0.2, 0) is 0 Å². The highest BCUT2D eigenvalue weighted by molar-refractivity contribution is 6.05. The van der Waals surface area contributed by atoms with Crippen LogP contribution in [0, 0.1) is 5.82 Å². The molecule has 38 heavy (non-hydrogen) atoms. The maximum atomic E-state index is 15.0. The highest BCUT2D eigenvalue weighted by Crippen LogP contribution is 2.39. The van der Waals surface area contributed by atoms with Crippen LogP contribution in [0.2, 0.25) is 0 Å². The Balaban J connectivity index is 1.25. The molecule has 3 aromatic heterocycles. The molecule has 190 valence electrons. The van der Waals surface area contributed by atoms with E-state index in [0.29, 0.717) is 53.8 Å². The number of H-pyrrole nitrogens is 1. The predicted molar refractivity (Wildman–Crippen MR) is 139 cm³/mol. The fourth-order valence-corrected chi connectivity index (χ4v) is 4.92. The average molecular weight is 510 g/mol. The van der Waals surface area contributed by atoms with Crippen LogP contribution < -0.4 is 15.0 Å². The average Bonchev–Trinajstić information content (AvgIpc) is 3.35. The van der Waals surface area contributed by atoms with E-state index < -0.39 is 0 Å². The summed E-state index contributed by atoms with van der Waals surface area (Å²) in [6, 6.07) is 19.6. The van der Waals surface area contributed by atoms with E-state index in [1.165, 1.54) is 6.07 Å². The normalized spacial score (nSPS) is 16.7. The minimum atomic E-state index is -0.377. The first-order chi connectivity index (χ1) is 18.6. The number of amides is 1. The van der Waals surface area contributed by atoms with Crippen molar-refractivity contribution < 1.29 is 18.9 Å². The van der Waals surface area contributed by atoms with Crippen molar-refractivity contribution in [2.45, 2.75) is 31.7 Å². The third kappa shape index (κ3) is 4.36. The molecule has 1 fully saturated rings. The van der Waals surface area contributed by atoms with E-state index in [9.17, 15) is 9.18 Å². The molecule has 0 atom stereocenters. The SMILES string of the molecule is CCOc1ccc(-c2nnc(C3CC(NC(=O)c4cccc5[nH+]cccc45)C3)n2-c2ccccc2F)nc1. The first kappa shape index (κ1) is 23.7. The highest BCUT2D eigenvalue weighted by Gasteiger charge is 2.36. The number of fused-ring (bicyclic) bond motifs is 1. The Morgan fingerprint density at radius 2 is 1.95 bits per heavy atom. The third-order valence-corrected chi connectivity index (χ3v) is 6.85. The summed E-state index contributed by atoms with van der Waals surface area (Å²) < 4.78 is 22.2. The van der Waals surface area contributed by atoms with Crippen LogP contribution in [0.15, 0.2) is 79.1 Å². The summed E-state index contributed by atoms with van der Waals surface area (Å²) in [5.74, 6) is 1.25. The second-order valence-corrected chi connectivity index (χ2v) is 9.26. The lowest BCUT2D eigenvalue weighted by Crippen LogP contribution is -2.44. The fourth-order valence-electron chi connectivity index (χ4n) is 4.92. The number of nitrogens with zero attached hydrogens (tertiary/aromatic N) is 4. The number of rotatable bonds is 7. The van der Waals surface area contributed by atoms with Gasteiger partial charge in [0, 0.05) is 24.1 Å². The van der Waals surface area contributed by atoms with Crippen molar-refractivity contribution in [3.8, 4) is 23.0 Å². The van der Waals surface area contributed by atoms with E-state index in [2.05, 4.69) is 25.5 Å². The summed E-state index contributed by atoms with van der Waals surface area (Å²) in [6.07, 6.45) is 4.81. The first-order valence-corrected chi connectivity index (χ1v) is 12.6. The Kier molecular flexibility index (Phi) is 6.25. The van der Waals surface area contributed by atoms with Gasteiger partial charge >= 0.3 is 0 Å². The lowest BCUT2D eigenvalue weighted by Gasteiger charge is -2.35. The van der Waals surface area contributed by atoms with E-state index >= 15 is 0 Å². The molecule has 0 unspecified atom stereocenters. The van der Waals surface area contributed by atoms with Crippen LogP contribution in [0.3, 0.4) is 0 Å². The van der Waals surface area contributed by atoms with Crippen molar-refractivity contribution >= 4 is 16.8 Å². The summed E-state index contributed by atoms with van der Waals surface area (Å²) in [6.45, 7) is 2.44. The van der Waals surface area contributed by atoms with E-state index in [4.69, 9.17) is 4.74 Å². The molecule has 1 amide bonds. The van der Waals surface area contributed by atoms with Crippen LogP contribution in [0.4, 0.5) is 4.39 Å². The maximum Gasteiger partial charge on any atom is 0.252 e. The molecule has 1 aliphatic carbocycles. The second kappa shape index (κ2) is 10.0. The van der Waals surface area contributed by atoms with Gasteiger partial charge in [0.15, 0.2) is 12.0 Å². The number of benzene rings is 2. The zero-order valence-electron chi connectivity index (χ0n) is 20.8. The Labute approximate surface area is 218 Å². The second-order valence-electron chi connectivity index (χ2n) is 9.26. The molecular weight excluding hydrogens is 483 g/mol. The molecule has 3 heterocycles. The smallest absolute Gasteiger partial charge is 0.252 e. The lowest BCUT2D eigenvalue weighted by atomic mass is 9.79. The minimum absolute atomic E-state index is 0.00436. The molecule has 0 spiro atoms. The number of carbonyl (C=O) groups is 1. The third-order valence-electron chi connectivity index (χ3n) is 6.85. The molecule has 1 aliphatic rings. The van der Waals surface area contributed by atoms with E-state index in [-0.39, 0.29) is 23.7 Å². The zero-order valence-corrected chi connectivity index (χ0v) is 20.8. The van der Waals surface area contributed by atoms with Crippen LogP contribution in [0.25, 0.3) is 28.1 Å². The van der Waals surface area contributed by atoms with Gasteiger partial charge < -0.3 is 10.1 Å². The van der Waals surface area contributed by atoms with Gasteiger partial charge in [0.25, 0.3) is 5.91 Å². The van der Waals surface area contributed by atoms with Crippen molar-refractivity contribution in [1.82, 2.24) is 25.1 Å². The molecule has 1 saturated carbocycles. The van der Waals surface area contributed by atoms with Gasteiger partial charge in [-0.25, -0.2) is 14.4 Å².